The number of benzene rings is 1. The van der Waals surface area contributed by atoms with Crippen LogP contribution < -0.4 is 0 Å². The summed E-state index contributed by atoms with van der Waals surface area (Å²) in [6.45, 7) is 0.00710. The van der Waals surface area contributed by atoms with Crippen molar-refractivity contribution in [1.82, 2.24) is 10.2 Å². The SMILES string of the molecule is OCc1cc(-c2ccc(C3CCCCC3)cc2)n[nH]1. The molecule has 0 radical (unpaired) electrons. The van der Waals surface area contributed by atoms with E-state index >= 15 is 0 Å². The summed E-state index contributed by atoms with van der Waals surface area (Å²) in [7, 11) is 0. The molecule has 1 saturated carbocycles. The maximum absolute atomic E-state index is 9.04. The molecule has 2 N–H and O–H groups in total. The Morgan fingerprint density at radius 1 is 1.11 bits per heavy atom. The fourth-order valence-electron chi connectivity index (χ4n) is 2.95. The largest absolute Gasteiger partial charge is 0.390 e. The molecule has 2 aromatic rings. The molecule has 1 aromatic carbocycles. The fraction of sp³-hybridized carbons (Fsp3) is 0.438. The molecule has 0 atom stereocenters. The molecule has 3 nitrogen and oxygen atoms in total. The standard InChI is InChI=1S/C16H20N2O/c19-11-15-10-16(18-17-15)14-8-6-13(7-9-14)12-4-2-1-3-5-12/h6-10,12,19H,1-5,11H2,(H,17,18). The molecular weight excluding hydrogens is 236 g/mol. The van der Waals surface area contributed by atoms with Gasteiger partial charge in [0.15, 0.2) is 0 Å². The number of rotatable bonds is 3. The van der Waals surface area contributed by atoms with Crippen LogP contribution in [0, 0.1) is 0 Å². The van der Waals surface area contributed by atoms with Crippen LogP contribution in [0.2, 0.25) is 0 Å². The third-order valence-corrected chi connectivity index (χ3v) is 4.08. The molecule has 0 saturated heterocycles. The summed E-state index contributed by atoms with van der Waals surface area (Å²) in [6, 6.07) is 10.6. The van der Waals surface area contributed by atoms with Crippen LogP contribution >= 0.6 is 0 Å². The lowest BCUT2D eigenvalue weighted by Gasteiger charge is -2.21. The second-order valence-electron chi connectivity index (χ2n) is 5.39. The van der Waals surface area contributed by atoms with Gasteiger partial charge in [-0.3, -0.25) is 5.10 Å². The number of aromatic nitrogens is 2. The van der Waals surface area contributed by atoms with Crippen LogP contribution in [0.4, 0.5) is 0 Å². The Balaban J connectivity index is 1.78. The lowest BCUT2D eigenvalue weighted by atomic mass is 9.84. The van der Waals surface area contributed by atoms with E-state index in [9.17, 15) is 0 Å². The minimum Gasteiger partial charge on any atom is -0.390 e. The molecule has 0 bridgehead atoms. The predicted octanol–water partition coefficient (Wildman–Crippen LogP) is 3.62. The van der Waals surface area contributed by atoms with Crippen molar-refractivity contribution in [3.63, 3.8) is 0 Å². The second kappa shape index (κ2) is 5.57. The average molecular weight is 256 g/mol. The average Bonchev–Trinajstić information content (AvgIpc) is 2.97. The van der Waals surface area contributed by atoms with Crippen molar-refractivity contribution in [3.05, 3.63) is 41.6 Å². The van der Waals surface area contributed by atoms with Gasteiger partial charge >= 0.3 is 0 Å². The first-order chi connectivity index (χ1) is 9.36. The third kappa shape index (κ3) is 2.71. The fourth-order valence-corrected chi connectivity index (χ4v) is 2.95. The van der Waals surface area contributed by atoms with E-state index < -0.39 is 0 Å². The van der Waals surface area contributed by atoms with Gasteiger partial charge in [-0.15, -0.1) is 0 Å². The minimum atomic E-state index is 0.00710. The highest BCUT2D eigenvalue weighted by Gasteiger charge is 2.15. The van der Waals surface area contributed by atoms with Crippen molar-refractivity contribution >= 4 is 0 Å². The first-order valence-corrected chi connectivity index (χ1v) is 7.12. The van der Waals surface area contributed by atoms with Crippen LogP contribution in [0.15, 0.2) is 30.3 Å². The van der Waals surface area contributed by atoms with E-state index in [4.69, 9.17) is 5.11 Å². The van der Waals surface area contributed by atoms with Crippen molar-refractivity contribution in [2.24, 2.45) is 0 Å². The zero-order valence-electron chi connectivity index (χ0n) is 11.1. The van der Waals surface area contributed by atoms with Gasteiger partial charge in [0, 0.05) is 5.56 Å². The van der Waals surface area contributed by atoms with E-state index in [0.29, 0.717) is 0 Å². The monoisotopic (exact) mass is 256 g/mol. The highest BCUT2D eigenvalue weighted by molar-refractivity contribution is 5.59. The maximum Gasteiger partial charge on any atom is 0.0924 e. The van der Waals surface area contributed by atoms with Gasteiger partial charge < -0.3 is 5.11 Å². The quantitative estimate of drug-likeness (QED) is 0.881. The number of nitrogens with one attached hydrogen (secondary N) is 1. The van der Waals surface area contributed by atoms with Gasteiger partial charge in [0.25, 0.3) is 0 Å². The Morgan fingerprint density at radius 2 is 1.84 bits per heavy atom. The summed E-state index contributed by atoms with van der Waals surface area (Å²) in [5, 5.41) is 16.1. The number of aliphatic hydroxyl groups is 1. The number of hydrogen-bond acceptors (Lipinski definition) is 2. The topological polar surface area (TPSA) is 48.9 Å². The molecule has 1 fully saturated rings. The molecule has 3 heteroatoms. The lowest BCUT2D eigenvalue weighted by molar-refractivity contribution is 0.276. The molecule has 0 unspecified atom stereocenters. The van der Waals surface area contributed by atoms with Crippen LogP contribution in [0.1, 0.15) is 49.3 Å². The van der Waals surface area contributed by atoms with E-state index in [2.05, 4.69) is 34.5 Å². The van der Waals surface area contributed by atoms with Gasteiger partial charge in [-0.1, -0.05) is 43.5 Å². The van der Waals surface area contributed by atoms with Gasteiger partial charge in [0.1, 0.15) is 0 Å². The molecule has 3 rings (SSSR count). The van der Waals surface area contributed by atoms with Gasteiger partial charge in [-0.05, 0) is 30.4 Å². The smallest absolute Gasteiger partial charge is 0.0924 e. The molecule has 1 aromatic heterocycles. The normalized spacial score (nSPS) is 16.7. The van der Waals surface area contributed by atoms with Crippen LogP contribution in [0.25, 0.3) is 11.3 Å². The highest BCUT2D eigenvalue weighted by atomic mass is 16.3. The van der Waals surface area contributed by atoms with E-state index in [-0.39, 0.29) is 6.61 Å². The maximum atomic E-state index is 9.04. The highest BCUT2D eigenvalue weighted by Crippen LogP contribution is 2.33. The second-order valence-corrected chi connectivity index (χ2v) is 5.39. The first-order valence-electron chi connectivity index (χ1n) is 7.12. The minimum absolute atomic E-state index is 0.00710. The van der Waals surface area contributed by atoms with Crippen molar-refractivity contribution in [1.29, 1.82) is 0 Å². The Kier molecular flexibility index (Phi) is 3.65. The number of nitrogens with zero attached hydrogens (tertiary/aromatic N) is 1. The van der Waals surface area contributed by atoms with E-state index in [1.807, 2.05) is 6.07 Å². The Labute approximate surface area is 113 Å². The first kappa shape index (κ1) is 12.4. The molecule has 19 heavy (non-hydrogen) atoms. The number of hydrogen-bond donors (Lipinski definition) is 2. The molecule has 1 aliphatic carbocycles. The summed E-state index contributed by atoms with van der Waals surface area (Å²) in [6.07, 6.45) is 6.79. The number of H-pyrrole nitrogens is 1. The number of aliphatic hydroxyl groups excluding tert-OH is 1. The predicted molar refractivity (Wildman–Crippen MR) is 75.8 cm³/mol. The van der Waals surface area contributed by atoms with Gasteiger partial charge in [0.05, 0.1) is 18.0 Å². The van der Waals surface area contributed by atoms with Gasteiger partial charge in [-0.25, -0.2) is 0 Å². The van der Waals surface area contributed by atoms with Crippen molar-refractivity contribution in [3.8, 4) is 11.3 Å². The molecule has 0 spiro atoms. The third-order valence-electron chi connectivity index (χ3n) is 4.08. The Hall–Kier alpha value is -1.61. The van der Waals surface area contributed by atoms with Gasteiger partial charge in [-0.2, -0.15) is 5.10 Å². The molecule has 1 aliphatic rings. The number of aromatic amines is 1. The van der Waals surface area contributed by atoms with Crippen molar-refractivity contribution in [2.75, 3.05) is 0 Å². The molecular formula is C16H20N2O. The summed E-state index contributed by atoms with van der Waals surface area (Å²) in [5.41, 5.74) is 4.22. The summed E-state index contributed by atoms with van der Waals surface area (Å²) in [4.78, 5) is 0. The lowest BCUT2D eigenvalue weighted by Crippen LogP contribution is -2.04. The summed E-state index contributed by atoms with van der Waals surface area (Å²) >= 11 is 0. The summed E-state index contributed by atoms with van der Waals surface area (Å²) in [5.74, 6) is 0.745. The van der Waals surface area contributed by atoms with Crippen molar-refractivity contribution < 1.29 is 5.11 Å². The van der Waals surface area contributed by atoms with E-state index in [1.54, 1.807) is 0 Å². The molecule has 1 heterocycles. The zero-order valence-corrected chi connectivity index (χ0v) is 11.1. The van der Waals surface area contributed by atoms with Gasteiger partial charge in [0.2, 0.25) is 0 Å². The summed E-state index contributed by atoms with van der Waals surface area (Å²) < 4.78 is 0. The Morgan fingerprint density at radius 3 is 2.47 bits per heavy atom. The Bertz CT molecular complexity index is 524. The van der Waals surface area contributed by atoms with Crippen LogP contribution in [-0.4, -0.2) is 15.3 Å². The molecule has 100 valence electrons. The van der Waals surface area contributed by atoms with Crippen molar-refractivity contribution in [2.45, 2.75) is 44.6 Å². The zero-order chi connectivity index (χ0) is 13.1. The molecule has 0 aliphatic heterocycles. The van der Waals surface area contributed by atoms with Crippen LogP contribution in [-0.2, 0) is 6.61 Å². The van der Waals surface area contributed by atoms with E-state index in [0.717, 1.165) is 22.9 Å². The van der Waals surface area contributed by atoms with Crippen LogP contribution in [0.5, 0.6) is 0 Å². The van der Waals surface area contributed by atoms with E-state index in [1.165, 1.54) is 37.7 Å². The molecule has 0 amide bonds. The van der Waals surface area contributed by atoms with Crippen LogP contribution in [0.3, 0.4) is 0 Å².